The van der Waals surface area contributed by atoms with Gasteiger partial charge >= 0.3 is 5.97 Å². The average Bonchev–Trinajstić information content (AvgIpc) is 3.36. The van der Waals surface area contributed by atoms with Crippen molar-refractivity contribution in [2.24, 2.45) is 17.2 Å². The third-order valence-electron chi connectivity index (χ3n) is 5.46. The number of thioether (sulfide) groups is 1. The van der Waals surface area contributed by atoms with Crippen LogP contribution in [-0.4, -0.2) is 87.4 Å². The number of nitrogens with two attached hydrogens (primary N) is 3. The summed E-state index contributed by atoms with van der Waals surface area (Å²) >= 11 is 1.46. The number of primary amides is 1. The van der Waals surface area contributed by atoms with Gasteiger partial charge in [-0.25, -0.2) is 9.78 Å². The zero-order chi connectivity index (χ0) is 27.8. The first-order chi connectivity index (χ1) is 17.6. The summed E-state index contributed by atoms with van der Waals surface area (Å²) in [6.45, 7) is 0.397. The van der Waals surface area contributed by atoms with E-state index in [0.29, 0.717) is 30.8 Å². The molecule has 1 heterocycles. The van der Waals surface area contributed by atoms with Gasteiger partial charge in [-0.15, -0.1) is 0 Å². The van der Waals surface area contributed by atoms with Crippen LogP contribution in [0.1, 0.15) is 44.2 Å². The second-order valence-corrected chi connectivity index (χ2v) is 9.47. The molecule has 37 heavy (non-hydrogen) atoms. The number of carboxylic acids is 1. The number of nitrogens with zero attached hydrogens (tertiary/aromatic N) is 1. The van der Waals surface area contributed by atoms with E-state index in [-0.39, 0.29) is 32.1 Å². The van der Waals surface area contributed by atoms with Crippen molar-refractivity contribution in [3.8, 4) is 0 Å². The van der Waals surface area contributed by atoms with E-state index in [9.17, 15) is 29.1 Å². The van der Waals surface area contributed by atoms with Crippen molar-refractivity contribution in [1.29, 1.82) is 0 Å². The molecule has 0 aliphatic carbocycles. The Morgan fingerprint density at radius 3 is 2.22 bits per heavy atom. The number of aromatic nitrogens is 2. The third kappa shape index (κ3) is 12.6. The van der Waals surface area contributed by atoms with Crippen LogP contribution in [0.15, 0.2) is 12.5 Å². The first kappa shape index (κ1) is 31.9. The number of nitrogens with one attached hydrogen (secondary N) is 4. The number of carbonyl (C=O) groups is 5. The molecule has 0 saturated heterocycles. The van der Waals surface area contributed by atoms with Crippen molar-refractivity contribution in [2.75, 3.05) is 18.6 Å². The normalized spacial score (nSPS) is 14.1. The molecule has 0 saturated carbocycles. The Balaban J connectivity index is 2.99. The van der Waals surface area contributed by atoms with Gasteiger partial charge in [-0.05, 0) is 50.7 Å². The number of H-pyrrole nitrogens is 1. The Morgan fingerprint density at radius 1 is 1.00 bits per heavy atom. The van der Waals surface area contributed by atoms with Crippen molar-refractivity contribution in [3.05, 3.63) is 18.2 Å². The van der Waals surface area contributed by atoms with Crippen LogP contribution in [0.5, 0.6) is 0 Å². The molecule has 11 N–H and O–H groups in total. The fourth-order valence-corrected chi connectivity index (χ4v) is 3.80. The molecule has 208 valence electrons. The predicted octanol–water partition coefficient (Wildman–Crippen LogP) is -2.03. The van der Waals surface area contributed by atoms with Gasteiger partial charge < -0.3 is 43.2 Å². The Kier molecular flexibility index (Phi) is 14.9. The van der Waals surface area contributed by atoms with Gasteiger partial charge in [0.15, 0.2) is 0 Å². The molecule has 4 unspecified atom stereocenters. The molecule has 1 aromatic rings. The van der Waals surface area contributed by atoms with E-state index >= 15 is 0 Å². The molecular formula is C22H38N8O6S. The number of carbonyl (C=O) groups excluding carboxylic acids is 4. The lowest BCUT2D eigenvalue weighted by Gasteiger charge is -2.25. The highest BCUT2D eigenvalue weighted by Crippen LogP contribution is 2.07. The summed E-state index contributed by atoms with van der Waals surface area (Å²) in [5, 5.41) is 17.2. The largest absolute Gasteiger partial charge is 0.480 e. The van der Waals surface area contributed by atoms with Gasteiger partial charge in [0.2, 0.25) is 23.6 Å². The van der Waals surface area contributed by atoms with Crippen LogP contribution in [0.3, 0.4) is 0 Å². The van der Waals surface area contributed by atoms with Gasteiger partial charge in [-0.3, -0.25) is 19.2 Å². The minimum absolute atomic E-state index is 0.00797. The standard InChI is InChI=1S/C22H38N8O6S/c1-37-9-7-15(28-19(32)14(24)5-6-18(25)31)20(33)30-17(10-13-11-26-12-27-13)21(34)29-16(22(35)36)4-2-3-8-23/h11-12,14-17H,2-10,23-24H2,1H3,(H2,25,31)(H,26,27)(H,28,32)(H,29,34)(H,30,33)(H,35,36). The number of imidazole rings is 1. The number of aromatic amines is 1. The number of unbranched alkanes of at least 4 members (excludes halogenated alkanes) is 1. The van der Waals surface area contributed by atoms with Gasteiger partial charge in [0.1, 0.15) is 18.1 Å². The fraction of sp³-hybridized carbons (Fsp3) is 0.636. The molecule has 1 aromatic heterocycles. The average molecular weight is 543 g/mol. The van der Waals surface area contributed by atoms with Crippen molar-refractivity contribution in [2.45, 2.75) is 69.1 Å². The maximum Gasteiger partial charge on any atom is 0.326 e. The molecule has 0 bridgehead atoms. The summed E-state index contributed by atoms with van der Waals surface area (Å²) in [5.41, 5.74) is 16.9. The molecule has 1 rings (SSSR count). The highest BCUT2D eigenvalue weighted by molar-refractivity contribution is 7.98. The van der Waals surface area contributed by atoms with Crippen molar-refractivity contribution in [3.63, 3.8) is 0 Å². The number of rotatable bonds is 19. The predicted molar refractivity (Wildman–Crippen MR) is 138 cm³/mol. The topological polar surface area (TPSA) is 248 Å². The number of hydrogen-bond donors (Lipinski definition) is 8. The maximum atomic E-state index is 13.2. The number of hydrogen-bond acceptors (Lipinski definition) is 9. The zero-order valence-corrected chi connectivity index (χ0v) is 21.7. The van der Waals surface area contributed by atoms with E-state index in [0.717, 1.165) is 0 Å². The van der Waals surface area contributed by atoms with Gasteiger partial charge in [-0.2, -0.15) is 11.8 Å². The lowest BCUT2D eigenvalue weighted by Crippen LogP contribution is -2.57. The first-order valence-electron chi connectivity index (χ1n) is 11.9. The van der Waals surface area contributed by atoms with Crippen LogP contribution >= 0.6 is 11.8 Å². The van der Waals surface area contributed by atoms with Crippen LogP contribution < -0.4 is 33.2 Å². The Morgan fingerprint density at radius 2 is 1.65 bits per heavy atom. The van der Waals surface area contributed by atoms with E-state index < -0.39 is 53.8 Å². The summed E-state index contributed by atoms with van der Waals surface area (Å²) < 4.78 is 0. The second-order valence-electron chi connectivity index (χ2n) is 8.48. The van der Waals surface area contributed by atoms with Gasteiger partial charge in [-0.1, -0.05) is 0 Å². The Bertz CT molecular complexity index is 885. The minimum atomic E-state index is -1.20. The lowest BCUT2D eigenvalue weighted by atomic mass is 10.1. The van der Waals surface area contributed by atoms with E-state index in [1.54, 1.807) is 0 Å². The molecule has 0 spiro atoms. The van der Waals surface area contributed by atoms with Crippen molar-refractivity contribution >= 4 is 41.4 Å². The Hall–Kier alpha value is -3.17. The quantitative estimate of drug-likeness (QED) is 0.0890. The number of amides is 4. The van der Waals surface area contributed by atoms with Crippen LogP contribution in [-0.2, 0) is 30.4 Å². The first-order valence-corrected chi connectivity index (χ1v) is 13.3. The fourth-order valence-electron chi connectivity index (χ4n) is 3.33. The van der Waals surface area contributed by atoms with Gasteiger partial charge in [0.05, 0.1) is 12.4 Å². The molecule has 0 aliphatic heterocycles. The number of carboxylic acid groups (broad SMARTS) is 1. The maximum absolute atomic E-state index is 13.2. The summed E-state index contributed by atoms with van der Waals surface area (Å²) in [6.07, 6.45) is 6.20. The summed E-state index contributed by atoms with van der Waals surface area (Å²) in [6, 6.07) is -4.38. The lowest BCUT2D eigenvalue weighted by molar-refractivity contribution is -0.142. The van der Waals surface area contributed by atoms with Crippen molar-refractivity contribution < 1.29 is 29.1 Å². The molecule has 0 fully saturated rings. The van der Waals surface area contributed by atoms with Crippen LogP contribution in [0, 0.1) is 0 Å². The molecule has 15 heteroatoms. The summed E-state index contributed by atoms with van der Waals surface area (Å²) in [7, 11) is 0. The van der Waals surface area contributed by atoms with E-state index in [2.05, 4.69) is 25.9 Å². The molecule has 14 nitrogen and oxygen atoms in total. The monoisotopic (exact) mass is 542 g/mol. The second kappa shape index (κ2) is 17.3. The summed E-state index contributed by atoms with van der Waals surface area (Å²) in [4.78, 5) is 68.1. The highest BCUT2D eigenvalue weighted by atomic mass is 32.2. The van der Waals surface area contributed by atoms with Crippen molar-refractivity contribution in [1.82, 2.24) is 25.9 Å². The molecule has 4 amide bonds. The Labute approximate surface area is 219 Å². The molecular weight excluding hydrogens is 504 g/mol. The van der Waals surface area contributed by atoms with Gasteiger partial charge in [0.25, 0.3) is 0 Å². The van der Waals surface area contributed by atoms with Gasteiger partial charge in [0, 0.05) is 24.7 Å². The molecule has 0 aromatic carbocycles. The SMILES string of the molecule is CSCCC(NC(=O)C(N)CCC(N)=O)C(=O)NC(Cc1cnc[nH]1)C(=O)NC(CCCCN)C(=O)O. The molecule has 4 atom stereocenters. The van der Waals surface area contributed by atoms with Crippen LogP contribution in [0.25, 0.3) is 0 Å². The smallest absolute Gasteiger partial charge is 0.326 e. The van der Waals surface area contributed by atoms with E-state index in [1.165, 1.54) is 24.3 Å². The summed E-state index contributed by atoms with van der Waals surface area (Å²) in [5.74, 6) is -3.25. The van der Waals surface area contributed by atoms with Crippen LogP contribution in [0.4, 0.5) is 0 Å². The molecule has 0 radical (unpaired) electrons. The van der Waals surface area contributed by atoms with E-state index in [4.69, 9.17) is 17.2 Å². The number of aliphatic carboxylic acids is 1. The molecule has 0 aliphatic rings. The third-order valence-corrected chi connectivity index (χ3v) is 6.10. The van der Waals surface area contributed by atoms with Crippen LogP contribution in [0.2, 0.25) is 0 Å². The minimum Gasteiger partial charge on any atom is -0.480 e. The zero-order valence-electron chi connectivity index (χ0n) is 20.9. The van der Waals surface area contributed by atoms with E-state index in [1.807, 2.05) is 6.26 Å². The highest BCUT2D eigenvalue weighted by Gasteiger charge is 2.30.